The van der Waals surface area contributed by atoms with Crippen molar-refractivity contribution in [3.05, 3.63) is 30.0 Å². The summed E-state index contributed by atoms with van der Waals surface area (Å²) in [6.07, 6.45) is 0.798. The van der Waals surface area contributed by atoms with Crippen molar-refractivity contribution >= 4 is 22.6 Å². The number of esters is 1. The molecule has 0 aliphatic rings. The molecule has 2 N–H and O–H groups in total. The smallest absolute Gasteiger partial charge is 0.374 e. The number of fused-ring (bicyclic) bond motifs is 1. The van der Waals surface area contributed by atoms with Gasteiger partial charge in [-0.1, -0.05) is 0 Å². The summed E-state index contributed by atoms with van der Waals surface area (Å²) in [5.74, 6) is -0.223. The van der Waals surface area contributed by atoms with E-state index in [1.54, 1.807) is 24.3 Å². The second-order valence-corrected chi connectivity index (χ2v) is 4.70. The molecule has 5 heteroatoms. The van der Waals surface area contributed by atoms with Crippen LogP contribution in [-0.2, 0) is 4.74 Å². The summed E-state index contributed by atoms with van der Waals surface area (Å²) in [6.45, 7) is 1.26. The van der Waals surface area contributed by atoms with Gasteiger partial charge in [-0.3, -0.25) is 0 Å². The highest BCUT2D eigenvalue weighted by Gasteiger charge is 2.13. The maximum Gasteiger partial charge on any atom is 0.374 e. The van der Waals surface area contributed by atoms with Crippen LogP contribution < -0.4 is 5.73 Å². The van der Waals surface area contributed by atoms with Crippen molar-refractivity contribution in [2.45, 2.75) is 6.42 Å². The van der Waals surface area contributed by atoms with E-state index in [0.717, 1.165) is 18.4 Å². The molecule has 1 aromatic heterocycles. The summed E-state index contributed by atoms with van der Waals surface area (Å²) in [6, 6.07) is 6.90. The van der Waals surface area contributed by atoms with Crippen LogP contribution >= 0.6 is 0 Å². The van der Waals surface area contributed by atoms with Crippen LogP contribution in [0.4, 0.5) is 5.69 Å². The molecule has 0 fully saturated rings. The largest absolute Gasteiger partial charge is 0.460 e. The zero-order valence-corrected chi connectivity index (χ0v) is 11.2. The number of nitrogen functional groups attached to an aromatic ring is 1. The molecule has 0 saturated heterocycles. The summed E-state index contributed by atoms with van der Waals surface area (Å²) >= 11 is 0. The fourth-order valence-electron chi connectivity index (χ4n) is 1.78. The second kappa shape index (κ2) is 5.75. The monoisotopic (exact) mass is 262 g/mol. The number of benzene rings is 1. The third-order valence-electron chi connectivity index (χ3n) is 2.72. The molecule has 19 heavy (non-hydrogen) atoms. The predicted octanol–water partition coefficient (Wildman–Crippen LogP) is 2.12. The second-order valence-electron chi connectivity index (χ2n) is 4.70. The number of carbonyl (C=O) groups is 1. The summed E-state index contributed by atoms with van der Waals surface area (Å²) in [5, 5.41) is 0.806. The molecule has 0 spiro atoms. The number of nitrogens with two attached hydrogens (primary N) is 1. The molecule has 0 aliphatic heterocycles. The first-order valence-corrected chi connectivity index (χ1v) is 6.17. The predicted molar refractivity (Wildman–Crippen MR) is 74.1 cm³/mol. The van der Waals surface area contributed by atoms with Gasteiger partial charge in [-0.2, -0.15) is 0 Å². The van der Waals surface area contributed by atoms with Gasteiger partial charge in [-0.05, 0) is 44.8 Å². The Hall–Kier alpha value is -2.01. The topological polar surface area (TPSA) is 68.7 Å². The molecular formula is C14H18N2O3. The van der Waals surface area contributed by atoms with Crippen LogP contribution in [0.1, 0.15) is 17.0 Å². The highest BCUT2D eigenvalue weighted by atomic mass is 16.5. The van der Waals surface area contributed by atoms with E-state index >= 15 is 0 Å². The molecule has 5 nitrogen and oxygen atoms in total. The molecule has 0 atom stereocenters. The van der Waals surface area contributed by atoms with Crippen LogP contribution in [0.3, 0.4) is 0 Å². The van der Waals surface area contributed by atoms with Crippen LogP contribution in [0.25, 0.3) is 11.0 Å². The lowest BCUT2D eigenvalue weighted by Gasteiger charge is -2.08. The highest BCUT2D eigenvalue weighted by Crippen LogP contribution is 2.22. The number of carbonyl (C=O) groups excluding carboxylic acids is 1. The number of hydrogen-bond acceptors (Lipinski definition) is 5. The lowest BCUT2D eigenvalue weighted by Crippen LogP contribution is -2.16. The molecule has 0 saturated carbocycles. The van der Waals surface area contributed by atoms with Gasteiger partial charge in [0.15, 0.2) is 0 Å². The van der Waals surface area contributed by atoms with E-state index in [-0.39, 0.29) is 5.76 Å². The SMILES string of the molecule is CN(C)CCCOC(=O)c1cc2cc(N)ccc2o1. The Labute approximate surface area is 111 Å². The minimum atomic E-state index is -0.437. The van der Waals surface area contributed by atoms with Crippen molar-refractivity contribution in [2.75, 3.05) is 33.0 Å². The van der Waals surface area contributed by atoms with E-state index < -0.39 is 5.97 Å². The van der Waals surface area contributed by atoms with Crippen molar-refractivity contribution in [1.29, 1.82) is 0 Å². The van der Waals surface area contributed by atoms with Gasteiger partial charge in [0.2, 0.25) is 5.76 Å². The lowest BCUT2D eigenvalue weighted by atomic mass is 10.2. The quantitative estimate of drug-likeness (QED) is 0.508. The Morgan fingerprint density at radius 2 is 2.16 bits per heavy atom. The summed E-state index contributed by atoms with van der Waals surface area (Å²) in [7, 11) is 3.96. The van der Waals surface area contributed by atoms with Gasteiger partial charge in [0.05, 0.1) is 6.61 Å². The van der Waals surface area contributed by atoms with E-state index in [9.17, 15) is 4.79 Å². The zero-order chi connectivity index (χ0) is 13.8. The number of furan rings is 1. The first-order chi connectivity index (χ1) is 9.06. The van der Waals surface area contributed by atoms with Gasteiger partial charge in [0.25, 0.3) is 0 Å². The average Bonchev–Trinajstić information content (AvgIpc) is 2.77. The summed E-state index contributed by atoms with van der Waals surface area (Å²) < 4.78 is 10.6. The highest BCUT2D eigenvalue weighted by molar-refractivity contribution is 5.93. The molecule has 2 rings (SSSR count). The van der Waals surface area contributed by atoms with E-state index in [1.807, 2.05) is 19.0 Å². The van der Waals surface area contributed by atoms with Crippen molar-refractivity contribution in [3.63, 3.8) is 0 Å². The Kier molecular flexibility index (Phi) is 4.06. The van der Waals surface area contributed by atoms with Crippen molar-refractivity contribution in [3.8, 4) is 0 Å². The third-order valence-corrected chi connectivity index (χ3v) is 2.72. The van der Waals surface area contributed by atoms with Gasteiger partial charge >= 0.3 is 5.97 Å². The van der Waals surface area contributed by atoms with Crippen molar-refractivity contribution < 1.29 is 13.9 Å². The fourth-order valence-corrected chi connectivity index (χ4v) is 1.78. The Balaban J connectivity index is 1.97. The van der Waals surface area contributed by atoms with Gasteiger partial charge in [-0.25, -0.2) is 4.79 Å². The van der Waals surface area contributed by atoms with Gasteiger partial charge in [0, 0.05) is 17.6 Å². The summed E-state index contributed by atoms with van der Waals surface area (Å²) in [5.41, 5.74) is 6.95. The minimum Gasteiger partial charge on any atom is -0.460 e. The fraction of sp³-hybridized carbons (Fsp3) is 0.357. The number of hydrogen-bond donors (Lipinski definition) is 1. The number of rotatable bonds is 5. The molecule has 2 aromatic rings. The Bertz CT molecular complexity index is 575. The normalized spacial score (nSPS) is 11.1. The van der Waals surface area contributed by atoms with Gasteiger partial charge < -0.3 is 19.8 Å². The van der Waals surface area contributed by atoms with E-state index in [1.165, 1.54) is 0 Å². The zero-order valence-electron chi connectivity index (χ0n) is 11.2. The molecule has 0 amide bonds. The lowest BCUT2D eigenvalue weighted by molar-refractivity contribution is 0.0459. The van der Waals surface area contributed by atoms with E-state index in [4.69, 9.17) is 14.9 Å². The molecule has 0 bridgehead atoms. The van der Waals surface area contributed by atoms with Crippen LogP contribution in [0.2, 0.25) is 0 Å². The van der Waals surface area contributed by atoms with E-state index in [0.29, 0.717) is 17.9 Å². The van der Waals surface area contributed by atoms with Gasteiger partial charge in [-0.15, -0.1) is 0 Å². The van der Waals surface area contributed by atoms with Crippen LogP contribution in [0.5, 0.6) is 0 Å². The Morgan fingerprint density at radius 3 is 2.89 bits per heavy atom. The standard InChI is InChI=1S/C14H18N2O3/c1-16(2)6-3-7-18-14(17)13-9-10-8-11(15)4-5-12(10)19-13/h4-5,8-9H,3,6-7,15H2,1-2H3. The van der Waals surface area contributed by atoms with Crippen LogP contribution in [0, 0.1) is 0 Å². The molecular weight excluding hydrogens is 244 g/mol. The maximum atomic E-state index is 11.8. The molecule has 102 valence electrons. The Morgan fingerprint density at radius 1 is 1.37 bits per heavy atom. The number of anilines is 1. The minimum absolute atomic E-state index is 0.213. The van der Waals surface area contributed by atoms with Crippen LogP contribution in [-0.4, -0.2) is 38.1 Å². The van der Waals surface area contributed by atoms with Crippen molar-refractivity contribution in [2.24, 2.45) is 0 Å². The molecule has 0 radical (unpaired) electrons. The summed E-state index contributed by atoms with van der Waals surface area (Å²) in [4.78, 5) is 13.8. The first-order valence-electron chi connectivity index (χ1n) is 6.17. The first kappa shape index (κ1) is 13.4. The van der Waals surface area contributed by atoms with Gasteiger partial charge in [0.1, 0.15) is 5.58 Å². The molecule has 1 heterocycles. The van der Waals surface area contributed by atoms with Crippen molar-refractivity contribution in [1.82, 2.24) is 4.90 Å². The average molecular weight is 262 g/mol. The molecule has 0 aliphatic carbocycles. The molecule has 0 unspecified atom stereocenters. The number of nitrogens with zero attached hydrogens (tertiary/aromatic N) is 1. The van der Waals surface area contributed by atoms with E-state index in [2.05, 4.69) is 0 Å². The third kappa shape index (κ3) is 3.48. The van der Waals surface area contributed by atoms with Crippen LogP contribution in [0.15, 0.2) is 28.7 Å². The maximum absolute atomic E-state index is 11.8. The molecule has 1 aromatic carbocycles. The number of ether oxygens (including phenoxy) is 1.